The van der Waals surface area contributed by atoms with Crippen molar-refractivity contribution in [2.75, 3.05) is 4.90 Å². The van der Waals surface area contributed by atoms with Gasteiger partial charge in [0.15, 0.2) is 0 Å². The van der Waals surface area contributed by atoms with E-state index in [9.17, 15) is 0 Å². The summed E-state index contributed by atoms with van der Waals surface area (Å²) in [6.07, 6.45) is 0. The Kier molecular flexibility index (Phi) is 7.85. The van der Waals surface area contributed by atoms with Crippen molar-refractivity contribution in [2.45, 2.75) is 0 Å². The lowest BCUT2D eigenvalue weighted by molar-refractivity contribution is 0.673. The summed E-state index contributed by atoms with van der Waals surface area (Å²) >= 11 is 0. The number of fused-ring (bicyclic) bond motifs is 5. The first-order valence-corrected chi connectivity index (χ1v) is 18.4. The fourth-order valence-corrected chi connectivity index (χ4v) is 7.87. The van der Waals surface area contributed by atoms with Gasteiger partial charge in [0.1, 0.15) is 11.2 Å². The smallest absolute Gasteiger partial charge is 0.144 e. The third-order valence-electron chi connectivity index (χ3n) is 10.5. The first kappa shape index (κ1) is 31.6. The van der Waals surface area contributed by atoms with Crippen molar-refractivity contribution in [1.82, 2.24) is 0 Å². The van der Waals surface area contributed by atoms with E-state index in [4.69, 9.17) is 4.42 Å². The Labute approximate surface area is 314 Å². The summed E-state index contributed by atoms with van der Waals surface area (Å²) in [4.78, 5) is 2.43. The molecular weight excluding hydrogens is 655 g/mol. The third kappa shape index (κ3) is 5.53. The topological polar surface area (TPSA) is 16.4 Å². The molecule has 0 aliphatic rings. The Balaban J connectivity index is 1.21. The van der Waals surface area contributed by atoms with Crippen LogP contribution in [0.2, 0.25) is 0 Å². The van der Waals surface area contributed by atoms with Gasteiger partial charge in [-0.15, -0.1) is 0 Å². The van der Waals surface area contributed by atoms with Crippen molar-refractivity contribution in [1.29, 1.82) is 0 Å². The highest BCUT2D eigenvalue weighted by Gasteiger charge is 2.26. The first-order chi connectivity index (χ1) is 26.8. The van der Waals surface area contributed by atoms with E-state index in [1.165, 1.54) is 33.4 Å². The van der Waals surface area contributed by atoms with Crippen LogP contribution in [0.3, 0.4) is 0 Å². The number of furan rings is 1. The van der Waals surface area contributed by atoms with Gasteiger partial charge < -0.3 is 9.32 Å². The van der Waals surface area contributed by atoms with Gasteiger partial charge in [0.05, 0.1) is 5.69 Å². The second kappa shape index (κ2) is 13.4. The molecule has 0 N–H and O–H groups in total. The molecule has 0 saturated heterocycles. The minimum atomic E-state index is 0.883. The molecule has 1 aromatic heterocycles. The molecule has 254 valence electrons. The van der Waals surface area contributed by atoms with Gasteiger partial charge in [-0.2, -0.15) is 0 Å². The Morgan fingerprint density at radius 1 is 0.296 bits per heavy atom. The minimum absolute atomic E-state index is 0.883. The standard InChI is InChI=1S/C52H35NO/c1-4-14-36(15-5-1)38-24-26-39(27-25-38)41-30-34-44(35-31-41)53(43-32-28-40(29-33-43)37-16-6-2-7-17-37)51-45-20-10-11-21-46(45)52-50(47-22-12-13-23-48(47)54-52)49(51)42-18-8-3-9-19-42/h1-35H. The molecule has 0 aliphatic heterocycles. The molecular formula is C52H35NO. The molecule has 0 bridgehead atoms. The molecule has 0 atom stereocenters. The number of hydrogen-bond acceptors (Lipinski definition) is 2. The molecule has 0 amide bonds. The normalized spacial score (nSPS) is 11.3. The van der Waals surface area contributed by atoms with Gasteiger partial charge in [-0.25, -0.2) is 0 Å². The quantitative estimate of drug-likeness (QED) is 0.166. The van der Waals surface area contributed by atoms with Crippen molar-refractivity contribution >= 4 is 49.8 Å². The van der Waals surface area contributed by atoms with E-state index in [2.05, 4.69) is 211 Å². The molecule has 10 rings (SSSR count). The van der Waals surface area contributed by atoms with E-state index in [-0.39, 0.29) is 0 Å². The van der Waals surface area contributed by atoms with Crippen molar-refractivity contribution < 1.29 is 4.42 Å². The lowest BCUT2D eigenvalue weighted by Gasteiger charge is -2.30. The number of rotatable bonds is 7. The van der Waals surface area contributed by atoms with Gasteiger partial charge in [0, 0.05) is 38.5 Å². The maximum Gasteiger partial charge on any atom is 0.144 e. The summed E-state index contributed by atoms with van der Waals surface area (Å²) in [6, 6.07) is 75.8. The van der Waals surface area contributed by atoms with Crippen LogP contribution in [0.4, 0.5) is 17.1 Å². The number of benzene rings is 9. The second-order valence-electron chi connectivity index (χ2n) is 13.7. The molecule has 10 aromatic rings. The minimum Gasteiger partial charge on any atom is -0.455 e. The van der Waals surface area contributed by atoms with Crippen molar-refractivity contribution in [3.63, 3.8) is 0 Å². The van der Waals surface area contributed by atoms with Crippen LogP contribution in [0.25, 0.3) is 77.2 Å². The molecule has 0 radical (unpaired) electrons. The van der Waals surface area contributed by atoms with Crippen molar-refractivity contribution in [3.8, 4) is 44.5 Å². The van der Waals surface area contributed by atoms with E-state index in [1.54, 1.807) is 0 Å². The fraction of sp³-hybridized carbons (Fsp3) is 0. The van der Waals surface area contributed by atoms with Gasteiger partial charge >= 0.3 is 0 Å². The summed E-state index contributed by atoms with van der Waals surface area (Å²) in [5.41, 5.74) is 14.5. The van der Waals surface area contributed by atoms with E-state index in [0.717, 1.165) is 60.9 Å². The molecule has 0 unspecified atom stereocenters. The Morgan fingerprint density at radius 2 is 0.667 bits per heavy atom. The predicted octanol–water partition coefficient (Wildman–Crippen LogP) is 14.9. The van der Waals surface area contributed by atoms with Crippen molar-refractivity contribution in [3.05, 3.63) is 212 Å². The third-order valence-corrected chi connectivity index (χ3v) is 10.5. The van der Waals surface area contributed by atoms with Gasteiger partial charge in [-0.05, 0) is 69.3 Å². The maximum absolute atomic E-state index is 6.72. The van der Waals surface area contributed by atoms with Crippen molar-refractivity contribution in [2.24, 2.45) is 0 Å². The van der Waals surface area contributed by atoms with Crippen LogP contribution in [0.5, 0.6) is 0 Å². The Morgan fingerprint density at radius 3 is 1.17 bits per heavy atom. The lowest BCUT2D eigenvalue weighted by Crippen LogP contribution is -2.12. The molecule has 54 heavy (non-hydrogen) atoms. The van der Waals surface area contributed by atoms with Crippen LogP contribution in [-0.2, 0) is 0 Å². The highest BCUT2D eigenvalue weighted by Crippen LogP contribution is 2.52. The molecule has 0 aliphatic carbocycles. The number of hydrogen-bond donors (Lipinski definition) is 0. The maximum atomic E-state index is 6.72. The van der Waals surface area contributed by atoms with Gasteiger partial charge in [0.25, 0.3) is 0 Å². The van der Waals surface area contributed by atoms with Crippen LogP contribution in [-0.4, -0.2) is 0 Å². The molecule has 2 heteroatoms. The summed E-state index contributed by atoms with van der Waals surface area (Å²) in [6.45, 7) is 0. The number of anilines is 3. The Bertz CT molecular complexity index is 2880. The molecule has 9 aromatic carbocycles. The zero-order chi connectivity index (χ0) is 35.8. The molecule has 0 fully saturated rings. The molecule has 2 nitrogen and oxygen atoms in total. The first-order valence-electron chi connectivity index (χ1n) is 18.4. The summed E-state index contributed by atoms with van der Waals surface area (Å²) in [5.74, 6) is 0. The summed E-state index contributed by atoms with van der Waals surface area (Å²) < 4.78 is 6.72. The summed E-state index contributed by atoms with van der Waals surface area (Å²) in [5, 5.41) is 4.42. The fourth-order valence-electron chi connectivity index (χ4n) is 7.87. The monoisotopic (exact) mass is 689 g/mol. The van der Waals surface area contributed by atoms with Gasteiger partial charge in [0.2, 0.25) is 0 Å². The highest BCUT2D eigenvalue weighted by molar-refractivity contribution is 6.27. The molecule has 0 saturated carbocycles. The van der Waals surface area contributed by atoms with E-state index >= 15 is 0 Å². The van der Waals surface area contributed by atoms with E-state index in [1.807, 2.05) is 6.07 Å². The predicted molar refractivity (Wildman–Crippen MR) is 228 cm³/mol. The number of para-hydroxylation sites is 1. The van der Waals surface area contributed by atoms with Gasteiger partial charge in [-0.1, -0.05) is 182 Å². The van der Waals surface area contributed by atoms with Crippen LogP contribution in [0, 0.1) is 0 Å². The summed E-state index contributed by atoms with van der Waals surface area (Å²) in [7, 11) is 0. The van der Waals surface area contributed by atoms with E-state index < -0.39 is 0 Å². The van der Waals surface area contributed by atoms with Crippen LogP contribution in [0.15, 0.2) is 217 Å². The average Bonchev–Trinajstić information content (AvgIpc) is 3.65. The largest absolute Gasteiger partial charge is 0.455 e. The van der Waals surface area contributed by atoms with Crippen LogP contribution >= 0.6 is 0 Å². The zero-order valence-corrected chi connectivity index (χ0v) is 29.6. The zero-order valence-electron chi connectivity index (χ0n) is 29.6. The van der Waals surface area contributed by atoms with E-state index in [0.29, 0.717) is 0 Å². The SMILES string of the molecule is c1ccc(-c2ccc(-c3ccc(N(c4ccc(-c5ccccc5)cc4)c4c(-c5ccccc5)c5c6ccccc6oc5c5ccccc45)cc3)cc2)cc1. The number of nitrogens with zero attached hydrogens (tertiary/aromatic N) is 1. The van der Waals surface area contributed by atoms with Gasteiger partial charge in [-0.3, -0.25) is 0 Å². The lowest BCUT2D eigenvalue weighted by atomic mass is 9.91. The average molecular weight is 690 g/mol. The highest BCUT2D eigenvalue weighted by atomic mass is 16.3. The Hall–Kier alpha value is -7.16. The second-order valence-corrected chi connectivity index (χ2v) is 13.7. The van der Waals surface area contributed by atoms with Crippen LogP contribution < -0.4 is 4.90 Å². The van der Waals surface area contributed by atoms with Crippen LogP contribution in [0.1, 0.15) is 0 Å². The molecule has 0 spiro atoms. The molecule has 1 heterocycles.